The van der Waals surface area contributed by atoms with Crippen LogP contribution >= 0.6 is 11.6 Å². The maximum absolute atomic E-state index is 12.0. The zero-order valence-corrected chi connectivity index (χ0v) is 12.8. The van der Waals surface area contributed by atoms with Crippen molar-refractivity contribution < 1.29 is 9.90 Å². The third-order valence-corrected chi connectivity index (χ3v) is 3.99. The minimum atomic E-state index is -0.155. The lowest BCUT2D eigenvalue weighted by atomic mass is 9.99. The van der Waals surface area contributed by atoms with Crippen molar-refractivity contribution in [2.24, 2.45) is 0 Å². The fraction of sp³-hybridized carbons (Fsp3) is 0.167. The van der Waals surface area contributed by atoms with E-state index in [2.05, 4.69) is 0 Å². The topological polar surface area (TPSA) is 40.5 Å². The first-order chi connectivity index (χ1) is 10.6. The van der Waals surface area contributed by atoms with Crippen LogP contribution in [0.4, 0.5) is 0 Å². The molecule has 0 atom stereocenters. The van der Waals surface area contributed by atoms with Crippen molar-refractivity contribution in [1.29, 1.82) is 0 Å². The Labute approximate surface area is 134 Å². The zero-order chi connectivity index (χ0) is 15.5. The third kappa shape index (κ3) is 3.15. The van der Waals surface area contributed by atoms with E-state index in [1.165, 1.54) is 6.08 Å². The molecule has 1 amide bonds. The molecule has 1 aliphatic heterocycles. The number of benzene rings is 2. The predicted octanol–water partition coefficient (Wildman–Crippen LogP) is 4.18. The lowest BCUT2D eigenvalue weighted by Gasteiger charge is -2.26. The van der Waals surface area contributed by atoms with Gasteiger partial charge in [0, 0.05) is 30.6 Å². The van der Waals surface area contributed by atoms with Crippen LogP contribution in [0, 0.1) is 0 Å². The molecule has 112 valence electrons. The molecule has 4 heteroatoms. The summed E-state index contributed by atoms with van der Waals surface area (Å²) in [6, 6.07) is 15.7. The monoisotopic (exact) mass is 313 g/mol. The first kappa shape index (κ1) is 14.7. The summed E-state index contributed by atoms with van der Waals surface area (Å²) in [5, 5.41) is 10.1. The number of rotatable bonds is 3. The number of hydrogen-bond donors (Lipinski definition) is 1. The van der Waals surface area contributed by atoms with Crippen LogP contribution in [0.15, 0.2) is 60.4 Å². The largest absolute Gasteiger partial charge is 0.512 e. The molecule has 1 heterocycles. The lowest BCUT2D eigenvalue weighted by molar-refractivity contribution is -0.127. The van der Waals surface area contributed by atoms with Crippen LogP contribution in [0.1, 0.15) is 12.0 Å². The van der Waals surface area contributed by atoms with Gasteiger partial charge in [0.05, 0.1) is 5.76 Å². The number of carbonyl (C=O) groups is 1. The van der Waals surface area contributed by atoms with Crippen molar-refractivity contribution >= 4 is 17.5 Å². The van der Waals surface area contributed by atoms with Crippen LogP contribution in [0.2, 0.25) is 5.02 Å². The smallest absolute Gasteiger partial charge is 0.250 e. The minimum absolute atomic E-state index is 0.153. The van der Waals surface area contributed by atoms with Gasteiger partial charge in [0.1, 0.15) is 0 Å². The Morgan fingerprint density at radius 2 is 1.91 bits per heavy atom. The van der Waals surface area contributed by atoms with E-state index in [9.17, 15) is 9.90 Å². The van der Waals surface area contributed by atoms with Crippen LogP contribution in [0.3, 0.4) is 0 Å². The first-order valence-electron chi connectivity index (χ1n) is 7.16. The second kappa shape index (κ2) is 6.24. The summed E-state index contributed by atoms with van der Waals surface area (Å²) in [7, 11) is 0. The van der Waals surface area contributed by atoms with Crippen LogP contribution in [0.5, 0.6) is 0 Å². The molecule has 0 fully saturated rings. The predicted molar refractivity (Wildman–Crippen MR) is 87.6 cm³/mol. The van der Waals surface area contributed by atoms with Crippen molar-refractivity contribution in [3.63, 3.8) is 0 Å². The molecule has 0 radical (unpaired) electrons. The maximum Gasteiger partial charge on any atom is 0.250 e. The van der Waals surface area contributed by atoms with Crippen LogP contribution in [-0.4, -0.2) is 22.5 Å². The van der Waals surface area contributed by atoms with Gasteiger partial charge in [-0.15, -0.1) is 0 Å². The number of nitrogens with zero attached hydrogens (tertiary/aromatic N) is 1. The summed E-state index contributed by atoms with van der Waals surface area (Å²) in [5.74, 6) is -0.00153. The summed E-state index contributed by atoms with van der Waals surface area (Å²) < 4.78 is 0. The molecule has 1 N–H and O–H groups in total. The van der Waals surface area contributed by atoms with Gasteiger partial charge < -0.3 is 10.0 Å². The molecule has 3 rings (SSSR count). The van der Waals surface area contributed by atoms with Crippen molar-refractivity contribution in [2.45, 2.75) is 13.0 Å². The summed E-state index contributed by atoms with van der Waals surface area (Å²) in [6.45, 7) is 1.03. The molecule has 2 aromatic carbocycles. The third-order valence-electron chi connectivity index (χ3n) is 3.76. The first-order valence-corrected chi connectivity index (χ1v) is 7.53. The number of halogens is 1. The molecule has 0 spiro atoms. The van der Waals surface area contributed by atoms with Crippen LogP contribution < -0.4 is 0 Å². The highest BCUT2D eigenvalue weighted by Crippen LogP contribution is 2.28. The van der Waals surface area contributed by atoms with Crippen molar-refractivity contribution in [1.82, 2.24) is 4.90 Å². The van der Waals surface area contributed by atoms with E-state index in [0.717, 1.165) is 16.7 Å². The van der Waals surface area contributed by atoms with E-state index in [1.54, 1.807) is 4.90 Å². The van der Waals surface area contributed by atoms with Crippen LogP contribution in [0.25, 0.3) is 11.1 Å². The number of aliphatic hydroxyl groups excluding tert-OH is 1. The van der Waals surface area contributed by atoms with E-state index >= 15 is 0 Å². The molecule has 0 saturated carbocycles. The van der Waals surface area contributed by atoms with Gasteiger partial charge in [0.25, 0.3) is 0 Å². The Morgan fingerprint density at radius 3 is 2.64 bits per heavy atom. The quantitative estimate of drug-likeness (QED) is 0.923. The molecule has 0 bridgehead atoms. The standard InChI is InChI=1S/C18H16ClNO2/c19-15-7-6-14(12-20-9-8-16(21)11-18(20)22)17(10-15)13-4-2-1-3-5-13/h1-7,10-11,21H,8-9,12H2. The lowest BCUT2D eigenvalue weighted by Crippen LogP contribution is -2.33. The second-order valence-electron chi connectivity index (χ2n) is 5.31. The Balaban J connectivity index is 1.93. The highest BCUT2D eigenvalue weighted by molar-refractivity contribution is 6.30. The average Bonchev–Trinajstić information content (AvgIpc) is 2.52. The van der Waals surface area contributed by atoms with Crippen LogP contribution in [-0.2, 0) is 11.3 Å². The number of hydrogen-bond acceptors (Lipinski definition) is 2. The van der Waals surface area contributed by atoms with Crippen molar-refractivity contribution in [2.75, 3.05) is 6.54 Å². The molecule has 22 heavy (non-hydrogen) atoms. The average molecular weight is 314 g/mol. The van der Waals surface area contributed by atoms with Gasteiger partial charge in [-0.25, -0.2) is 0 Å². The fourth-order valence-corrected chi connectivity index (χ4v) is 2.77. The SMILES string of the molecule is O=C1C=C(O)CCN1Cc1ccc(Cl)cc1-c1ccccc1. The van der Waals surface area contributed by atoms with E-state index in [0.29, 0.717) is 24.5 Å². The highest BCUT2D eigenvalue weighted by Gasteiger charge is 2.19. The Kier molecular flexibility index (Phi) is 4.16. The molecule has 0 aromatic heterocycles. The maximum atomic E-state index is 12.0. The van der Waals surface area contributed by atoms with E-state index in [4.69, 9.17) is 11.6 Å². The molecule has 3 nitrogen and oxygen atoms in total. The molecule has 1 aliphatic rings. The summed E-state index contributed by atoms with van der Waals surface area (Å²) >= 11 is 6.13. The number of carbonyl (C=O) groups excluding carboxylic acids is 1. The summed E-state index contributed by atoms with van der Waals surface area (Å²) in [4.78, 5) is 13.7. The normalized spacial score (nSPS) is 14.9. The second-order valence-corrected chi connectivity index (χ2v) is 5.75. The zero-order valence-electron chi connectivity index (χ0n) is 12.0. The summed E-state index contributed by atoms with van der Waals surface area (Å²) in [6.07, 6.45) is 1.79. The molecule has 0 saturated heterocycles. The van der Waals surface area contributed by atoms with Gasteiger partial charge in [0.15, 0.2) is 0 Å². The Morgan fingerprint density at radius 1 is 1.14 bits per heavy atom. The van der Waals surface area contributed by atoms with Gasteiger partial charge in [-0.05, 0) is 28.8 Å². The molecule has 2 aromatic rings. The van der Waals surface area contributed by atoms with E-state index in [1.807, 2.05) is 48.5 Å². The fourth-order valence-electron chi connectivity index (χ4n) is 2.60. The Hall–Kier alpha value is -2.26. The molecule has 0 aliphatic carbocycles. The van der Waals surface area contributed by atoms with Gasteiger partial charge in [0.2, 0.25) is 5.91 Å². The van der Waals surface area contributed by atoms with Gasteiger partial charge in [-0.3, -0.25) is 4.79 Å². The van der Waals surface area contributed by atoms with Gasteiger partial charge in [-0.1, -0.05) is 48.0 Å². The molecular formula is C18H16ClNO2. The van der Waals surface area contributed by atoms with Gasteiger partial charge >= 0.3 is 0 Å². The van der Waals surface area contributed by atoms with E-state index < -0.39 is 0 Å². The van der Waals surface area contributed by atoms with E-state index in [-0.39, 0.29) is 11.7 Å². The van der Waals surface area contributed by atoms with Gasteiger partial charge in [-0.2, -0.15) is 0 Å². The number of amides is 1. The Bertz CT molecular complexity index is 725. The number of aliphatic hydroxyl groups is 1. The van der Waals surface area contributed by atoms with Crippen molar-refractivity contribution in [3.8, 4) is 11.1 Å². The highest BCUT2D eigenvalue weighted by atomic mass is 35.5. The minimum Gasteiger partial charge on any atom is -0.512 e. The molecular weight excluding hydrogens is 298 g/mol. The van der Waals surface area contributed by atoms with Crippen molar-refractivity contribution in [3.05, 3.63) is 71.0 Å². The molecule has 0 unspecified atom stereocenters. The summed E-state index contributed by atoms with van der Waals surface area (Å²) in [5.41, 5.74) is 3.14.